The van der Waals surface area contributed by atoms with Crippen molar-refractivity contribution < 1.29 is 4.79 Å². The van der Waals surface area contributed by atoms with Crippen molar-refractivity contribution in [2.75, 3.05) is 6.54 Å². The molecule has 1 fully saturated rings. The van der Waals surface area contributed by atoms with E-state index in [-0.39, 0.29) is 11.9 Å². The van der Waals surface area contributed by atoms with Crippen LogP contribution in [0, 0.1) is 0 Å². The van der Waals surface area contributed by atoms with Crippen molar-refractivity contribution in [3.63, 3.8) is 0 Å². The first kappa shape index (κ1) is 13.4. The molecule has 0 aromatic carbocycles. The lowest BCUT2D eigenvalue weighted by Gasteiger charge is -2.39. The van der Waals surface area contributed by atoms with Crippen molar-refractivity contribution >= 4 is 17.5 Å². The number of carbonyl (C=O) groups excluding carboxylic acids is 1. The van der Waals surface area contributed by atoms with E-state index in [1.807, 2.05) is 11.6 Å². The summed E-state index contributed by atoms with van der Waals surface area (Å²) in [6.45, 7) is 2.72. The molecule has 100 valence electrons. The number of nitrogens with zero attached hydrogens (tertiary/aromatic N) is 2. The molecule has 2 atom stereocenters. The smallest absolute Gasteiger partial charge is 0.237 e. The summed E-state index contributed by atoms with van der Waals surface area (Å²) in [5, 5.41) is 8.10. The normalized spacial score (nSPS) is 28.2. The van der Waals surface area contributed by atoms with Gasteiger partial charge in [-0.05, 0) is 32.2 Å². The maximum Gasteiger partial charge on any atom is 0.237 e. The summed E-state index contributed by atoms with van der Waals surface area (Å²) in [7, 11) is 0. The first-order valence-corrected chi connectivity index (χ1v) is 6.70. The van der Waals surface area contributed by atoms with Gasteiger partial charge in [0.15, 0.2) is 0 Å². The van der Waals surface area contributed by atoms with E-state index in [9.17, 15) is 4.79 Å². The van der Waals surface area contributed by atoms with Crippen LogP contribution in [0.1, 0.15) is 38.6 Å². The monoisotopic (exact) mass is 270 g/mol. The SMILES string of the molecule is CCNC1(C(N)=O)CCCC(n2cc(Cl)cn2)C1. The molecule has 1 amide bonds. The van der Waals surface area contributed by atoms with Crippen LogP contribution in [0.4, 0.5) is 0 Å². The second-order valence-corrected chi connectivity index (χ2v) is 5.30. The van der Waals surface area contributed by atoms with Gasteiger partial charge in [0.1, 0.15) is 0 Å². The van der Waals surface area contributed by atoms with Gasteiger partial charge in [-0.15, -0.1) is 0 Å². The Hall–Kier alpha value is -1.07. The average molecular weight is 271 g/mol. The summed E-state index contributed by atoms with van der Waals surface area (Å²) in [5.74, 6) is -0.271. The van der Waals surface area contributed by atoms with Gasteiger partial charge in [0.05, 0.1) is 22.8 Å². The highest BCUT2D eigenvalue weighted by Crippen LogP contribution is 2.35. The molecular weight excluding hydrogens is 252 g/mol. The van der Waals surface area contributed by atoms with Gasteiger partial charge in [0.25, 0.3) is 0 Å². The fourth-order valence-corrected chi connectivity index (χ4v) is 2.94. The van der Waals surface area contributed by atoms with E-state index in [4.69, 9.17) is 17.3 Å². The number of rotatable bonds is 4. The van der Waals surface area contributed by atoms with Crippen molar-refractivity contribution in [2.45, 2.75) is 44.2 Å². The quantitative estimate of drug-likeness (QED) is 0.871. The third-order valence-electron chi connectivity index (χ3n) is 3.66. The lowest BCUT2D eigenvalue weighted by molar-refractivity contribution is -0.126. The summed E-state index contributed by atoms with van der Waals surface area (Å²) < 4.78 is 1.84. The summed E-state index contributed by atoms with van der Waals surface area (Å²) in [5.41, 5.74) is 4.98. The molecule has 1 aliphatic rings. The number of carbonyl (C=O) groups is 1. The molecule has 1 saturated carbocycles. The van der Waals surface area contributed by atoms with E-state index < -0.39 is 5.54 Å². The highest BCUT2D eigenvalue weighted by atomic mass is 35.5. The first-order chi connectivity index (χ1) is 8.57. The Kier molecular flexibility index (Phi) is 3.92. The molecule has 0 radical (unpaired) electrons. The summed E-state index contributed by atoms with van der Waals surface area (Å²) in [4.78, 5) is 11.8. The number of halogens is 1. The predicted molar refractivity (Wildman–Crippen MR) is 70.3 cm³/mol. The van der Waals surface area contributed by atoms with Crippen LogP contribution >= 0.6 is 11.6 Å². The van der Waals surface area contributed by atoms with Gasteiger partial charge < -0.3 is 11.1 Å². The van der Waals surface area contributed by atoms with E-state index in [0.717, 1.165) is 25.8 Å². The van der Waals surface area contributed by atoms with Crippen molar-refractivity contribution in [3.05, 3.63) is 17.4 Å². The lowest BCUT2D eigenvalue weighted by Crippen LogP contribution is -2.57. The maximum atomic E-state index is 11.8. The van der Waals surface area contributed by atoms with Crippen molar-refractivity contribution in [2.24, 2.45) is 5.73 Å². The summed E-state index contributed by atoms with van der Waals surface area (Å²) in [6, 6.07) is 0.179. The number of hydrogen-bond donors (Lipinski definition) is 2. The zero-order valence-corrected chi connectivity index (χ0v) is 11.3. The Morgan fingerprint density at radius 2 is 2.56 bits per heavy atom. The molecule has 0 spiro atoms. The molecule has 1 aliphatic carbocycles. The van der Waals surface area contributed by atoms with E-state index in [0.29, 0.717) is 11.4 Å². The fourth-order valence-electron chi connectivity index (χ4n) is 2.80. The molecule has 2 rings (SSSR count). The van der Waals surface area contributed by atoms with Gasteiger partial charge in [-0.1, -0.05) is 18.5 Å². The number of nitrogens with two attached hydrogens (primary N) is 1. The van der Waals surface area contributed by atoms with Crippen molar-refractivity contribution in [1.82, 2.24) is 15.1 Å². The van der Waals surface area contributed by atoms with Crippen LogP contribution in [0.25, 0.3) is 0 Å². The summed E-state index contributed by atoms with van der Waals surface area (Å²) >= 11 is 5.88. The third-order valence-corrected chi connectivity index (χ3v) is 3.85. The highest BCUT2D eigenvalue weighted by molar-refractivity contribution is 6.30. The molecule has 1 aromatic rings. The van der Waals surface area contributed by atoms with Crippen LogP contribution in [-0.4, -0.2) is 27.8 Å². The number of amides is 1. The Labute approximate surface area is 112 Å². The second kappa shape index (κ2) is 5.28. The average Bonchev–Trinajstić information content (AvgIpc) is 2.76. The number of likely N-dealkylation sites (N-methyl/N-ethyl adjacent to an activating group) is 1. The standard InChI is InChI=1S/C12H19ClN4O/c1-2-15-12(11(14)18)5-3-4-10(6-12)17-8-9(13)7-16-17/h7-8,10,15H,2-6H2,1H3,(H2,14,18). The molecule has 1 aromatic heterocycles. The molecule has 2 unspecified atom stereocenters. The predicted octanol–water partition coefficient (Wildman–Crippen LogP) is 1.49. The Morgan fingerprint density at radius 1 is 1.78 bits per heavy atom. The Morgan fingerprint density at radius 3 is 3.11 bits per heavy atom. The van der Waals surface area contributed by atoms with E-state index >= 15 is 0 Å². The zero-order chi connectivity index (χ0) is 13.2. The number of primary amides is 1. The molecule has 3 N–H and O–H groups in total. The fraction of sp³-hybridized carbons (Fsp3) is 0.667. The van der Waals surface area contributed by atoms with Crippen LogP contribution in [0.3, 0.4) is 0 Å². The Bertz CT molecular complexity index is 429. The molecule has 0 aliphatic heterocycles. The molecule has 0 saturated heterocycles. The lowest BCUT2D eigenvalue weighted by atomic mass is 9.78. The van der Waals surface area contributed by atoms with E-state index in [1.165, 1.54) is 0 Å². The number of hydrogen-bond acceptors (Lipinski definition) is 3. The maximum absolute atomic E-state index is 11.8. The molecular formula is C12H19ClN4O. The minimum atomic E-state index is -0.601. The van der Waals surface area contributed by atoms with E-state index in [1.54, 1.807) is 12.4 Å². The van der Waals surface area contributed by atoms with Gasteiger partial charge in [-0.3, -0.25) is 9.48 Å². The van der Waals surface area contributed by atoms with Crippen LogP contribution in [0.5, 0.6) is 0 Å². The minimum absolute atomic E-state index is 0.179. The van der Waals surface area contributed by atoms with Crippen LogP contribution in [-0.2, 0) is 4.79 Å². The zero-order valence-electron chi connectivity index (χ0n) is 10.5. The van der Waals surface area contributed by atoms with Gasteiger partial charge in [-0.25, -0.2) is 0 Å². The third kappa shape index (κ3) is 2.52. The van der Waals surface area contributed by atoms with Gasteiger partial charge in [-0.2, -0.15) is 5.10 Å². The van der Waals surface area contributed by atoms with E-state index in [2.05, 4.69) is 10.4 Å². The molecule has 18 heavy (non-hydrogen) atoms. The van der Waals surface area contributed by atoms with Crippen LogP contribution in [0.2, 0.25) is 5.02 Å². The van der Waals surface area contributed by atoms with Crippen LogP contribution in [0.15, 0.2) is 12.4 Å². The van der Waals surface area contributed by atoms with Crippen molar-refractivity contribution in [1.29, 1.82) is 0 Å². The minimum Gasteiger partial charge on any atom is -0.368 e. The van der Waals surface area contributed by atoms with Gasteiger partial charge in [0, 0.05) is 6.20 Å². The largest absolute Gasteiger partial charge is 0.368 e. The Balaban J connectivity index is 2.18. The highest BCUT2D eigenvalue weighted by Gasteiger charge is 2.41. The van der Waals surface area contributed by atoms with Gasteiger partial charge >= 0.3 is 0 Å². The molecule has 5 nitrogen and oxygen atoms in total. The van der Waals surface area contributed by atoms with Crippen LogP contribution < -0.4 is 11.1 Å². The first-order valence-electron chi connectivity index (χ1n) is 6.32. The number of nitrogens with one attached hydrogen (secondary N) is 1. The van der Waals surface area contributed by atoms with Crippen molar-refractivity contribution in [3.8, 4) is 0 Å². The molecule has 6 heteroatoms. The topological polar surface area (TPSA) is 72.9 Å². The molecule has 1 heterocycles. The summed E-state index contributed by atoms with van der Waals surface area (Å²) in [6.07, 6.45) is 6.84. The molecule has 0 bridgehead atoms. The number of aromatic nitrogens is 2. The van der Waals surface area contributed by atoms with Gasteiger partial charge in [0.2, 0.25) is 5.91 Å². The second-order valence-electron chi connectivity index (χ2n) is 4.87.